The van der Waals surface area contributed by atoms with Gasteiger partial charge < -0.3 is 9.84 Å². The minimum Gasteiger partial charge on any atom is -0.493 e. The first-order chi connectivity index (χ1) is 17.9. The number of alkyl halides is 3. The molecule has 0 aliphatic carbocycles. The number of hydrogen-bond acceptors (Lipinski definition) is 5. The Hall–Kier alpha value is -3.02. The van der Waals surface area contributed by atoms with Crippen molar-refractivity contribution in [3.63, 3.8) is 0 Å². The summed E-state index contributed by atoms with van der Waals surface area (Å²) in [6.45, 7) is 0.156. The van der Waals surface area contributed by atoms with E-state index in [0.29, 0.717) is 25.6 Å². The molecule has 0 heterocycles. The van der Waals surface area contributed by atoms with Crippen LogP contribution in [0, 0.1) is 11.6 Å². The van der Waals surface area contributed by atoms with Crippen LogP contribution in [0.3, 0.4) is 0 Å². The molecule has 0 bridgehead atoms. The van der Waals surface area contributed by atoms with Gasteiger partial charge in [0.1, 0.15) is 17.4 Å². The summed E-state index contributed by atoms with van der Waals surface area (Å²) in [5, 5.41) is 9.14. The zero-order valence-electron chi connectivity index (χ0n) is 20.6. The van der Waals surface area contributed by atoms with Crippen molar-refractivity contribution in [3.8, 4) is 5.75 Å². The molecule has 0 radical (unpaired) electrons. The molecule has 0 saturated heterocycles. The standard InChI is InChI=1S/C27H28F5NO4S/c1-38(35,36)25-16-21(15-24(28)22(25)11-13-34)37-14-6-12-33(17-19-7-3-2-4-8-19)18-20-9-5-10-23(26(20)29)27(30,31)32/h2-5,7-10,15-16,34H,6,11-14,17-18H2,1H3. The second-order valence-corrected chi connectivity index (χ2v) is 10.8. The van der Waals surface area contributed by atoms with Crippen molar-refractivity contribution in [1.29, 1.82) is 0 Å². The lowest BCUT2D eigenvalue weighted by Gasteiger charge is -2.24. The molecule has 0 unspecified atom stereocenters. The smallest absolute Gasteiger partial charge is 0.419 e. The molecule has 0 aromatic heterocycles. The van der Waals surface area contributed by atoms with Crippen LogP contribution in [0.2, 0.25) is 0 Å². The molecule has 38 heavy (non-hydrogen) atoms. The Morgan fingerprint density at radius 2 is 1.68 bits per heavy atom. The van der Waals surface area contributed by atoms with Crippen LogP contribution in [-0.2, 0) is 35.5 Å². The van der Waals surface area contributed by atoms with E-state index in [1.807, 2.05) is 30.3 Å². The van der Waals surface area contributed by atoms with Crippen molar-refractivity contribution in [1.82, 2.24) is 4.90 Å². The summed E-state index contributed by atoms with van der Waals surface area (Å²) in [7, 11) is -3.79. The Labute approximate surface area is 218 Å². The van der Waals surface area contributed by atoms with Crippen molar-refractivity contribution < 1.29 is 40.2 Å². The van der Waals surface area contributed by atoms with Gasteiger partial charge in [-0.1, -0.05) is 42.5 Å². The fraction of sp³-hybridized carbons (Fsp3) is 0.333. The predicted octanol–water partition coefficient (Wildman–Crippen LogP) is 5.39. The Balaban J connectivity index is 1.73. The van der Waals surface area contributed by atoms with E-state index in [2.05, 4.69) is 0 Å². The normalized spacial score (nSPS) is 12.2. The highest BCUT2D eigenvalue weighted by molar-refractivity contribution is 7.90. The molecule has 0 fully saturated rings. The average Bonchev–Trinajstić information content (AvgIpc) is 2.83. The lowest BCUT2D eigenvalue weighted by molar-refractivity contribution is -0.140. The van der Waals surface area contributed by atoms with E-state index in [9.17, 15) is 30.4 Å². The van der Waals surface area contributed by atoms with Crippen LogP contribution in [0.4, 0.5) is 22.0 Å². The first-order valence-corrected chi connectivity index (χ1v) is 13.7. The molecular weight excluding hydrogens is 529 g/mol. The molecule has 11 heteroatoms. The van der Waals surface area contributed by atoms with E-state index in [4.69, 9.17) is 9.84 Å². The Bertz CT molecular complexity index is 1330. The molecule has 0 aliphatic heterocycles. The molecule has 0 amide bonds. The van der Waals surface area contributed by atoms with Crippen LogP contribution in [0.1, 0.15) is 28.7 Å². The lowest BCUT2D eigenvalue weighted by atomic mass is 10.1. The quantitative estimate of drug-likeness (QED) is 0.239. The highest BCUT2D eigenvalue weighted by Crippen LogP contribution is 2.33. The minimum absolute atomic E-state index is 0.0110. The highest BCUT2D eigenvalue weighted by atomic mass is 32.2. The maximum atomic E-state index is 14.7. The van der Waals surface area contributed by atoms with E-state index < -0.39 is 39.8 Å². The van der Waals surface area contributed by atoms with E-state index in [-0.39, 0.29) is 41.3 Å². The number of nitrogens with zero attached hydrogens (tertiary/aromatic N) is 1. The second kappa shape index (κ2) is 12.7. The summed E-state index contributed by atoms with van der Waals surface area (Å²) in [6, 6.07) is 14.6. The first kappa shape index (κ1) is 29.5. The number of sulfone groups is 1. The van der Waals surface area contributed by atoms with Crippen molar-refractivity contribution in [3.05, 3.63) is 94.6 Å². The molecule has 3 aromatic carbocycles. The third-order valence-electron chi connectivity index (χ3n) is 5.80. The van der Waals surface area contributed by atoms with Gasteiger partial charge in [0.25, 0.3) is 0 Å². The highest BCUT2D eigenvalue weighted by Gasteiger charge is 2.35. The number of hydrogen-bond donors (Lipinski definition) is 1. The minimum atomic E-state index is -4.81. The number of benzene rings is 3. The fourth-order valence-electron chi connectivity index (χ4n) is 4.05. The molecule has 1 N–H and O–H groups in total. The van der Waals surface area contributed by atoms with E-state index in [1.165, 1.54) is 18.2 Å². The van der Waals surface area contributed by atoms with Crippen LogP contribution in [0.15, 0.2) is 65.6 Å². The van der Waals surface area contributed by atoms with Gasteiger partial charge in [0, 0.05) is 49.7 Å². The van der Waals surface area contributed by atoms with Crippen LogP contribution >= 0.6 is 0 Å². The van der Waals surface area contributed by atoms with Crippen LogP contribution in [0.5, 0.6) is 5.75 Å². The molecular formula is C27H28F5NO4S. The van der Waals surface area contributed by atoms with Crippen LogP contribution < -0.4 is 4.74 Å². The van der Waals surface area contributed by atoms with Crippen molar-refractivity contribution in [2.45, 2.75) is 37.0 Å². The van der Waals surface area contributed by atoms with Gasteiger partial charge in [-0.15, -0.1) is 0 Å². The van der Waals surface area contributed by atoms with Crippen molar-refractivity contribution in [2.24, 2.45) is 0 Å². The first-order valence-electron chi connectivity index (χ1n) is 11.8. The summed E-state index contributed by atoms with van der Waals surface area (Å²) >= 11 is 0. The molecule has 0 spiro atoms. The van der Waals surface area contributed by atoms with E-state index in [0.717, 1.165) is 17.9 Å². The maximum Gasteiger partial charge on any atom is 0.419 e. The maximum absolute atomic E-state index is 14.7. The van der Waals surface area contributed by atoms with E-state index in [1.54, 1.807) is 4.90 Å². The van der Waals surface area contributed by atoms with Gasteiger partial charge in [-0.25, -0.2) is 17.2 Å². The van der Waals surface area contributed by atoms with Gasteiger partial charge in [-0.05, 0) is 30.5 Å². The molecule has 0 atom stereocenters. The summed E-state index contributed by atoms with van der Waals surface area (Å²) in [5.41, 5.74) is -0.679. The zero-order valence-corrected chi connectivity index (χ0v) is 21.5. The van der Waals surface area contributed by atoms with Crippen LogP contribution in [0.25, 0.3) is 0 Å². The fourth-order valence-corrected chi connectivity index (χ4v) is 5.03. The van der Waals surface area contributed by atoms with E-state index >= 15 is 0 Å². The summed E-state index contributed by atoms with van der Waals surface area (Å²) in [4.78, 5) is 1.50. The van der Waals surface area contributed by atoms with Gasteiger partial charge in [0.05, 0.1) is 17.1 Å². The van der Waals surface area contributed by atoms with Gasteiger partial charge >= 0.3 is 6.18 Å². The predicted molar refractivity (Wildman–Crippen MR) is 132 cm³/mol. The summed E-state index contributed by atoms with van der Waals surface area (Å²) < 4.78 is 98.5. The third kappa shape index (κ3) is 7.99. The largest absolute Gasteiger partial charge is 0.493 e. The van der Waals surface area contributed by atoms with Gasteiger partial charge in [0.2, 0.25) is 0 Å². The second-order valence-electron chi connectivity index (χ2n) is 8.80. The van der Waals surface area contributed by atoms with Gasteiger partial charge in [-0.2, -0.15) is 13.2 Å². The molecule has 206 valence electrons. The Morgan fingerprint density at radius 3 is 2.32 bits per heavy atom. The number of aliphatic hydroxyl groups is 1. The molecule has 5 nitrogen and oxygen atoms in total. The molecule has 0 saturated carbocycles. The van der Waals surface area contributed by atoms with Gasteiger partial charge in [0.15, 0.2) is 9.84 Å². The average molecular weight is 558 g/mol. The van der Waals surface area contributed by atoms with Gasteiger partial charge in [-0.3, -0.25) is 4.90 Å². The number of aliphatic hydroxyl groups excluding tert-OH is 1. The molecule has 3 aromatic rings. The summed E-state index contributed by atoms with van der Waals surface area (Å²) in [6.07, 6.45) is -3.72. The Morgan fingerprint density at radius 1 is 0.974 bits per heavy atom. The monoisotopic (exact) mass is 557 g/mol. The number of ether oxygens (including phenoxy) is 1. The third-order valence-corrected chi connectivity index (χ3v) is 6.97. The van der Waals surface area contributed by atoms with Crippen molar-refractivity contribution >= 4 is 9.84 Å². The number of rotatable bonds is 12. The molecule has 0 aliphatic rings. The topological polar surface area (TPSA) is 66.8 Å². The number of halogens is 5. The Kier molecular flexibility index (Phi) is 9.86. The molecule has 3 rings (SSSR count). The van der Waals surface area contributed by atoms with Crippen molar-refractivity contribution in [2.75, 3.05) is 26.0 Å². The summed E-state index contributed by atoms with van der Waals surface area (Å²) in [5.74, 6) is -2.15. The lowest BCUT2D eigenvalue weighted by Crippen LogP contribution is -2.26. The van der Waals surface area contributed by atoms with Crippen LogP contribution in [-0.4, -0.2) is 44.4 Å². The zero-order chi connectivity index (χ0) is 27.9. The SMILES string of the molecule is CS(=O)(=O)c1cc(OCCCN(Cc2ccccc2)Cc2cccc(C(F)(F)F)c2F)cc(F)c1CCO.